The largest absolute Gasteiger partial charge is 0.479 e. The molecule has 0 aliphatic carbocycles. The summed E-state index contributed by atoms with van der Waals surface area (Å²) >= 11 is 3.03. The third-order valence-electron chi connectivity index (χ3n) is 1.45. The molecule has 0 saturated carbocycles. The van der Waals surface area contributed by atoms with Crippen molar-refractivity contribution in [2.45, 2.75) is 0 Å². The van der Waals surface area contributed by atoms with Gasteiger partial charge in [-0.1, -0.05) is 0 Å². The van der Waals surface area contributed by atoms with Crippen LogP contribution in [0.3, 0.4) is 0 Å². The number of hydrogen-bond acceptors (Lipinski definition) is 6. The van der Waals surface area contributed by atoms with Crippen LogP contribution in [-0.4, -0.2) is 27.6 Å². The summed E-state index contributed by atoms with van der Waals surface area (Å²) in [7, 11) is 0. The van der Waals surface area contributed by atoms with Gasteiger partial charge in [-0.2, -0.15) is 0 Å². The Hall–Kier alpha value is -1.74. The molecular formula is C7H6BrN3O5. The van der Waals surface area contributed by atoms with Gasteiger partial charge in [-0.15, -0.1) is 0 Å². The molecular weight excluding hydrogens is 286 g/mol. The molecule has 8 nitrogen and oxygen atoms in total. The lowest BCUT2D eigenvalue weighted by Gasteiger charge is -2.06. The molecule has 0 amide bonds. The minimum Gasteiger partial charge on any atom is -0.479 e. The predicted molar refractivity (Wildman–Crippen MR) is 55.8 cm³/mol. The van der Waals surface area contributed by atoms with Crippen LogP contribution in [0.15, 0.2) is 16.9 Å². The Labute approximate surface area is 97.5 Å². The fourth-order valence-corrected chi connectivity index (χ4v) is 1.24. The number of aromatic nitrogens is 1. The summed E-state index contributed by atoms with van der Waals surface area (Å²) in [6.07, 6.45) is 2.34. The highest BCUT2D eigenvalue weighted by Gasteiger charge is 2.17. The highest BCUT2D eigenvalue weighted by Crippen LogP contribution is 2.30. The lowest BCUT2D eigenvalue weighted by molar-refractivity contribution is -0.384. The summed E-state index contributed by atoms with van der Waals surface area (Å²) < 4.78 is 0.298. The molecule has 0 aliphatic heterocycles. The van der Waals surface area contributed by atoms with Crippen molar-refractivity contribution in [2.24, 2.45) is 0 Å². The molecule has 0 unspecified atom stereocenters. The number of nitrogens with zero attached hydrogens (tertiary/aromatic N) is 2. The first-order valence-electron chi connectivity index (χ1n) is 3.90. The highest BCUT2D eigenvalue weighted by molar-refractivity contribution is 9.10. The van der Waals surface area contributed by atoms with Crippen LogP contribution >= 0.6 is 15.9 Å². The molecule has 16 heavy (non-hydrogen) atoms. The zero-order valence-corrected chi connectivity index (χ0v) is 9.30. The van der Waals surface area contributed by atoms with Gasteiger partial charge >= 0.3 is 11.7 Å². The lowest BCUT2D eigenvalue weighted by Crippen LogP contribution is -2.12. The molecule has 1 aromatic rings. The SMILES string of the molecule is O=C(O)CONc1c(Br)cncc1[N+](=O)[O-]. The fourth-order valence-electron chi connectivity index (χ4n) is 0.834. The summed E-state index contributed by atoms with van der Waals surface area (Å²) in [4.78, 5) is 28.3. The fraction of sp³-hybridized carbons (Fsp3) is 0.143. The van der Waals surface area contributed by atoms with E-state index < -0.39 is 17.5 Å². The summed E-state index contributed by atoms with van der Waals surface area (Å²) in [6.45, 7) is -0.619. The molecule has 1 heterocycles. The van der Waals surface area contributed by atoms with Gasteiger partial charge in [-0.25, -0.2) is 4.79 Å². The number of carboxylic acids is 1. The van der Waals surface area contributed by atoms with Gasteiger partial charge in [0.05, 0.1) is 9.40 Å². The van der Waals surface area contributed by atoms with E-state index >= 15 is 0 Å². The second-order valence-corrected chi connectivity index (χ2v) is 3.41. The van der Waals surface area contributed by atoms with Crippen molar-refractivity contribution < 1.29 is 19.7 Å². The van der Waals surface area contributed by atoms with E-state index in [4.69, 9.17) is 5.11 Å². The Kier molecular flexibility index (Phi) is 4.14. The summed E-state index contributed by atoms with van der Waals surface area (Å²) in [5.41, 5.74) is 1.88. The summed E-state index contributed by atoms with van der Waals surface area (Å²) in [6, 6.07) is 0. The van der Waals surface area contributed by atoms with Crippen molar-refractivity contribution in [3.8, 4) is 0 Å². The number of aliphatic carboxylic acids is 1. The smallest absolute Gasteiger partial charge is 0.332 e. The van der Waals surface area contributed by atoms with Gasteiger partial charge in [0.25, 0.3) is 0 Å². The second-order valence-electron chi connectivity index (χ2n) is 2.56. The molecule has 0 bridgehead atoms. The molecule has 0 atom stereocenters. The molecule has 0 fully saturated rings. The number of carboxylic acid groups (broad SMARTS) is 1. The number of anilines is 1. The maximum atomic E-state index is 10.6. The van der Waals surface area contributed by atoms with Crippen molar-refractivity contribution in [3.63, 3.8) is 0 Å². The Morgan fingerprint density at radius 3 is 2.94 bits per heavy atom. The van der Waals surface area contributed by atoms with Crippen LogP contribution in [0.1, 0.15) is 0 Å². The van der Waals surface area contributed by atoms with Crippen LogP contribution in [0.25, 0.3) is 0 Å². The number of halogens is 1. The van der Waals surface area contributed by atoms with Crippen molar-refractivity contribution in [2.75, 3.05) is 12.1 Å². The monoisotopic (exact) mass is 291 g/mol. The van der Waals surface area contributed by atoms with Crippen LogP contribution in [0.4, 0.5) is 11.4 Å². The number of nitrogens with one attached hydrogen (secondary N) is 1. The molecule has 1 aromatic heterocycles. The maximum Gasteiger partial charge on any atom is 0.332 e. The van der Waals surface area contributed by atoms with E-state index in [9.17, 15) is 14.9 Å². The molecule has 1 rings (SSSR count). The number of hydrogen-bond donors (Lipinski definition) is 2. The first kappa shape index (κ1) is 12.3. The Morgan fingerprint density at radius 2 is 2.38 bits per heavy atom. The van der Waals surface area contributed by atoms with E-state index in [0.29, 0.717) is 4.47 Å². The van der Waals surface area contributed by atoms with E-state index in [2.05, 4.69) is 31.2 Å². The van der Waals surface area contributed by atoms with Gasteiger partial charge in [-0.05, 0) is 15.9 Å². The van der Waals surface area contributed by atoms with E-state index in [1.54, 1.807) is 0 Å². The molecule has 2 N–H and O–H groups in total. The number of pyridine rings is 1. The van der Waals surface area contributed by atoms with Gasteiger partial charge in [-0.3, -0.25) is 25.4 Å². The number of carbonyl (C=O) groups is 1. The van der Waals surface area contributed by atoms with Gasteiger partial charge < -0.3 is 5.11 Å². The first-order chi connectivity index (χ1) is 7.52. The minimum absolute atomic E-state index is 0.0150. The van der Waals surface area contributed by atoms with Crippen LogP contribution in [-0.2, 0) is 9.63 Å². The molecule has 86 valence electrons. The normalized spacial score (nSPS) is 9.81. The van der Waals surface area contributed by atoms with Crippen LogP contribution in [0, 0.1) is 10.1 Å². The average molecular weight is 292 g/mol. The van der Waals surface area contributed by atoms with Crippen LogP contribution < -0.4 is 5.48 Å². The van der Waals surface area contributed by atoms with Crippen LogP contribution in [0.5, 0.6) is 0 Å². The van der Waals surface area contributed by atoms with Gasteiger partial charge in [0.2, 0.25) is 0 Å². The maximum absolute atomic E-state index is 10.6. The molecule has 0 aromatic carbocycles. The number of rotatable bonds is 5. The highest BCUT2D eigenvalue weighted by atomic mass is 79.9. The molecule has 0 radical (unpaired) electrons. The predicted octanol–water partition coefficient (Wildman–Crippen LogP) is 1.18. The molecule has 9 heteroatoms. The topological polar surface area (TPSA) is 115 Å². The van der Waals surface area contributed by atoms with Gasteiger partial charge in [0.15, 0.2) is 12.3 Å². The van der Waals surface area contributed by atoms with E-state index in [0.717, 1.165) is 6.20 Å². The molecule has 0 spiro atoms. The molecule has 0 aliphatic rings. The molecule has 0 saturated heterocycles. The standard InChI is InChI=1S/C7H6BrN3O5/c8-4-1-9-2-5(11(14)15)7(4)10-16-3-6(12)13/h1-2H,3H2,(H,9,10)(H,12,13). The Balaban J connectivity index is 2.84. The number of nitro groups is 1. The van der Waals surface area contributed by atoms with E-state index in [1.807, 2.05) is 0 Å². The summed E-state index contributed by atoms with van der Waals surface area (Å²) in [5.74, 6) is -1.19. The summed E-state index contributed by atoms with van der Waals surface area (Å²) in [5, 5.41) is 18.9. The average Bonchev–Trinajstić information content (AvgIpc) is 2.19. The zero-order chi connectivity index (χ0) is 12.1. The van der Waals surface area contributed by atoms with Crippen molar-refractivity contribution in [3.05, 3.63) is 27.0 Å². The Bertz CT molecular complexity index is 424. The first-order valence-corrected chi connectivity index (χ1v) is 4.69. The second kappa shape index (κ2) is 5.37. The third kappa shape index (κ3) is 3.14. The van der Waals surface area contributed by atoms with Crippen molar-refractivity contribution in [1.82, 2.24) is 4.98 Å². The van der Waals surface area contributed by atoms with Gasteiger partial charge in [0.1, 0.15) is 6.20 Å². The Morgan fingerprint density at radius 1 is 1.69 bits per heavy atom. The van der Waals surface area contributed by atoms with E-state index in [1.165, 1.54) is 6.20 Å². The third-order valence-corrected chi connectivity index (χ3v) is 2.05. The lowest BCUT2D eigenvalue weighted by atomic mass is 10.4. The van der Waals surface area contributed by atoms with Crippen molar-refractivity contribution >= 4 is 33.3 Å². The van der Waals surface area contributed by atoms with Crippen LogP contribution in [0.2, 0.25) is 0 Å². The zero-order valence-electron chi connectivity index (χ0n) is 7.71. The van der Waals surface area contributed by atoms with Crippen molar-refractivity contribution in [1.29, 1.82) is 0 Å². The van der Waals surface area contributed by atoms with Gasteiger partial charge in [0, 0.05) is 6.20 Å². The minimum atomic E-state index is -1.19. The quantitative estimate of drug-likeness (QED) is 0.618. The van der Waals surface area contributed by atoms with E-state index in [-0.39, 0.29) is 11.4 Å².